The highest BCUT2D eigenvalue weighted by atomic mass is 16.5. The van der Waals surface area contributed by atoms with Gasteiger partial charge in [0, 0.05) is 25.4 Å². The first-order valence-electron chi connectivity index (χ1n) is 4.96. The van der Waals surface area contributed by atoms with E-state index in [4.69, 9.17) is 10.3 Å². The zero-order valence-corrected chi connectivity index (χ0v) is 8.63. The van der Waals surface area contributed by atoms with Crippen LogP contribution >= 0.6 is 0 Å². The van der Waals surface area contributed by atoms with Crippen molar-refractivity contribution >= 4 is 0 Å². The van der Waals surface area contributed by atoms with Crippen molar-refractivity contribution in [3.05, 3.63) is 36.2 Å². The average molecular weight is 206 g/mol. The molecule has 0 saturated heterocycles. The minimum Gasteiger partial charge on any atom is -0.344 e. The van der Waals surface area contributed by atoms with Gasteiger partial charge in [0.25, 0.3) is 0 Å². The molecule has 15 heavy (non-hydrogen) atoms. The van der Waals surface area contributed by atoms with Crippen LogP contribution in [-0.2, 0) is 6.42 Å². The second kappa shape index (κ2) is 4.27. The van der Waals surface area contributed by atoms with Crippen LogP contribution in [0, 0.1) is 0 Å². The van der Waals surface area contributed by atoms with Crippen molar-refractivity contribution in [3.8, 4) is 0 Å². The molecule has 0 aliphatic heterocycles. The number of nitrogens with two attached hydrogens (primary N) is 1. The first-order valence-corrected chi connectivity index (χ1v) is 4.96. The summed E-state index contributed by atoms with van der Waals surface area (Å²) in [6, 6.07) is 4.03. The Hall–Kier alpha value is -1.62. The standard InChI is InChI=1S/C10H14N4O/c1-8(14-6-2-3-7-14)10-12-9(4-5-11)15-13-10/h2-3,6-8H,4-5,11H2,1H3/t8-/m1/s1. The molecule has 0 aliphatic carbocycles. The van der Waals surface area contributed by atoms with E-state index in [-0.39, 0.29) is 6.04 Å². The first-order chi connectivity index (χ1) is 7.31. The van der Waals surface area contributed by atoms with Crippen molar-refractivity contribution in [2.75, 3.05) is 6.54 Å². The summed E-state index contributed by atoms with van der Waals surface area (Å²) >= 11 is 0. The fourth-order valence-corrected chi connectivity index (χ4v) is 1.40. The molecule has 0 spiro atoms. The number of aromatic nitrogens is 3. The molecular formula is C10H14N4O. The van der Waals surface area contributed by atoms with Gasteiger partial charge in [0.1, 0.15) is 0 Å². The van der Waals surface area contributed by atoms with Crippen molar-refractivity contribution in [3.63, 3.8) is 0 Å². The quantitative estimate of drug-likeness (QED) is 0.809. The molecule has 2 N–H and O–H groups in total. The maximum absolute atomic E-state index is 5.41. The largest absolute Gasteiger partial charge is 0.344 e. The lowest BCUT2D eigenvalue weighted by Crippen LogP contribution is -2.07. The van der Waals surface area contributed by atoms with E-state index in [0.717, 1.165) is 0 Å². The van der Waals surface area contributed by atoms with Crippen molar-refractivity contribution < 1.29 is 4.52 Å². The van der Waals surface area contributed by atoms with Crippen LogP contribution in [0.1, 0.15) is 24.7 Å². The average Bonchev–Trinajstić information content (AvgIpc) is 2.87. The Morgan fingerprint density at radius 3 is 2.87 bits per heavy atom. The summed E-state index contributed by atoms with van der Waals surface area (Å²) in [5.74, 6) is 1.29. The molecule has 2 rings (SSSR count). The normalized spacial score (nSPS) is 12.9. The highest BCUT2D eigenvalue weighted by molar-refractivity contribution is 5.00. The molecule has 5 nitrogen and oxygen atoms in total. The number of hydrogen-bond acceptors (Lipinski definition) is 4. The molecule has 2 aromatic rings. The Bertz CT molecular complexity index is 407. The highest BCUT2D eigenvalue weighted by Crippen LogP contribution is 2.14. The van der Waals surface area contributed by atoms with Crippen LogP contribution in [0.4, 0.5) is 0 Å². The second-order valence-electron chi connectivity index (χ2n) is 3.39. The van der Waals surface area contributed by atoms with Gasteiger partial charge in [-0.25, -0.2) is 0 Å². The Morgan fingerprint density at radius 1 is 1.47 bits per heavy atom. The fraction of sp³-hybridized carbons (Fsp3) is 0.400. The van der Waals surface area contributed by atoms with Crippen LogP contribution in [-0.4, -0.2) is 21.3 Å². The Labute approximate surface area is 87.9 Å². The molecule has 0 amide bonds. The van der Waals surface area contributed by atoms with Crippen molar-refractivity contribution in [1.29, 1.82) is 0 Å². The van der Waals surface area contributed by atoms with E-state index < -0.39 is 0 Å². The summed E-state index contributed by atoms with van der Waals surface area (Å²) in [4.78, 5) is 4.28. The van der Waals surface area contributed by atoms with E-state index in [1.54, 1.807) is 0 Å². The van der Waals surface area contributed by atoms with Crippen molar-refractivity contribution in [2.45, 2.75) is 19.4 Å². The molecule has 0 aliphatic rings. The van der Waals surface area contributed by atoms with Crippen LogP contribution < -0.4 is 5.73 Å². The van der Waals surface area contributed by atoms with Crippen LogP contribution in [0.25, 0.3) is 0 Å². The third kappa shape index (κ3) is 2.07. The molecule has 5 heteroatoms. The van der Waals surface area contributed by atoms with E-state index in [9.17, 15) is 0 Å². The molecule has 2 heterocycles. The number of nitrogens with zero attached hydrogens (tertiary/aromatic N) is 3. The Morgan fingerprint density at radius 2 is 2.20 bits per heavy atom. The lowest BCUT2D eigenvalue weighted by atomic mass is 10.3. The summed E-state index contributed by atoms with van der Waals surface area (Å²) in [7, 11) is 0. The van der Waals surface area contributed by atoms with E-state index in [1.165, 1.54) is 0 Å². The van der Waals surface area contributed by atoms with Gasteiger partial charge in [-0.3, -0.25) is 0 Å². The summed E-state index contributed by atoms with van der Waals surface area (Å²) in [6.45, 7) is 2.55. The van der Waals surface area contributed by atoms with Crippen LogP contribution in [0.3, 0.4) is 0 Å². The van der Waals surface area contributed by atoms with Gasteiger partial charge in [0.15, 0.2) is 5.82 Å². The molecule has 0 bridgehead atoms. The third-order valence-corrected chi connectivity index (χ3v) is 2.29. The van der Waals surface area contributed by atoms with E-state index in [0.29, 0.717) is 24.7 Å². The smallest absolute Gasteiger partial charge is 0.227 e. The summed E-state index contributed by atoms with van der Waals surface area (Å²) in [5, 5.41) is 3.93. The maximum atomic E-state index is 5.41. The Kier molecular flexibility index (Phi) is 2.82. The van der Waals surface area contributed by atoms with Gasteiger partial charge in [0.05, 0.1) is 6.04 Å². The lowest BCUT2D eigenvalue weighted by Gasteiger charge is -2.07. The van der Waals surface area contributed by atoms with Crippen LogP contribution in [0.5, 0.6) is 0 Å². The van der Waals surface area contributed by atoms with Crippen molar-refractivity contribution in [2.24, 2.45) is 5.73 Å². The lowest BCUT2D eigenvalue weighted by molar-refractivity contribution is 0.369. The predicted molar refractivity (Wildman–Crippen MR) is 55.3 cm³/mol. The summed E-state index contributed by atoms with van der Waals surface area (Å²) in [6.07, 6.45) is 4.58. The van der Waals surface area contributed by atoms with Gasteiger partial charge in [-0.15, -0.1) is 0 Å². The van der Waals surface area contributed by atoms with Crippen molar-refractivity contribution in [1.82, 2.24) is 14.7 Å². The highest BCUT2D eigenvalue weighted by Gasteiger charge is 2.13. The summed E-state index contributed by atoms with van der Waals surface area (Å²) in [5.41, 5.74) is 5.41. The molecule has 0 aromatic carbocycles. The maximum Gasteiger partial charge on any atom is 0.227 e. The molecule has 0 fully saturated rings. The minimum absolute atomic E-state index is 0.0928. The molecule has 1 atom stereocenters. The predicted octanol–water partition coefficient (Wildman–Crippen LogP) is 0.982. The molecule has 80 valence electrons. The molecule has 0 unspecified atom stereocenters. The number of rotatable bonds is 4. The van der Waals surface area contributed by atoms with Gasteiger partial charge >= 0.3 is 0 Å². The zero-order valence-electron chi connectivity index (χ0n) is 8.63. The fourth-order valence-electron chi connectivity index (χ4n) is 1.40. The second-order valence-corrected chi connectivity index (χ2v) is 3.39. The van der Waals surface area contributed by atoms with Crippen LogP contribution in [0.2, 0.25) is 0 Å². The number of hydrogen-bond donors (Lipinski definition) is 1. The van der Waals surface area contributed by atoms with E-state index in [2.05, 4.69) is 10.1 Å². The SMILES string of the molecule is C[C@H](c1noc(CCN)n1)n1cccc1. The Balaban J connectivity index is 2.15. The van der Waals surface area contributed by atoms with Crippen LogP contribution in [0.15, 0.2) is 29.0 Å². The van der Waals surface area contributed by atoms with Gasteiger partial charge in [0.2, 0.25) is 5.89 Å². The minimum atomic E-state index is 0.0928. The topological polar surface area (TPSA) is 69.9 Å². The van der Waals surface area contributed by atoms with E-state index in [1.807, 2.05) is 36.0 Å². The zero-order chi connectivity index (χ0) is 10.7. The van der Waals surface area contributed by atoms with E-state index >= 15 is 0 Å². The summed E-state index contributed by atoms with van der Waals surface area (Å²) < 4.78 is 7.09. The third-order valence-electron chi connectivity index (χ3n) is 2.29. The molecular weight excluding hydrogens is 192 g/mol. The molecule has 2 aromatic heterocycles. The van der Waals surface area contributed by atoms with Gasteiger partial charge < -0.3 is 14.8 Å². The molecule has 0 radical (unpaired) electrons. The first kappa shape index (κ1) is 9.92. The molecule has 0 saturated carbocycles. The monoisotopic (exact) mass is 206 g/mol. The van der Waals surface area contributed by atoms with Gasteiger partial charge in [-0.2, -0.15) is 4.98 Å². The van der Waals surface area contributed by atoms with Gasteiger partial charge in [-0.05, 0) is 19.1 Å². The van der Waals surface area contributed by atoms with Gasteiger partial charge in [-0.1, -0.05) is 5.16 Å².